The van der Waals surface area contributed by atoms with E-state index < -0.39 is 5.91 Å². The third kappa shape index (κ3) is 8.25. The van der Waals surface area contributed by atoms with Gasteiger partial charge in [-0.25, -0.2) is 0 Å². The third-order valence-electron chi connectivity index (χ3n) is 3.69. The number of anilines is 1. The van der Waals surface area contributed by atoms with Crippen molar-refractivity contribution in [3.8, 4) is 5.75 Å². The van der Waals surface area contributed by atoms with E-state index in [-0.39, 0.29) is 48.2 Å². The number of rotatable bonds is 11. The van der Waals surface area contributed by atoms with E-state index in [1.807, 2.05) is 0 Å². The molecule has 1 aromatic carbocycles. The van der Waals surface area contributed by atoms with Crippen molar-refractivity contribution in [1.29, 1.82) is 0 Å². The predicted octanol–water partition coefficient (Wildman–Crippen LogP) is -0.934. The van der Waals surface area contributed by atoms with Crippen LogP contribution in [0.3, 0.4) is 0 Å². The van der Waals surface area contributed by atoms with Gasteiger partial charge in [0, 0.05) is 18.2 Å². The van der Waals surface area contributed by atoms with Crippen LogP contribution in [0.4, 0.5) is 5.69 Å². The zero-order valence-electron chi connectivity index (χ0n) is 15.9. The average molecular weight is 392 g/mol. The van der Waals surface area contributed by atoms with Gasteiger partial charge in [-0.05, 0) is 31.0 Å². The number of nitrogens with zero attached hydrogens (tertiary/aromatic N) is 2. The molecule has 0 saturated carbocycles. The van der Waals surface area contributed by atoms with Crippen LogP contribution >= 0.6 is 0 Å². The molecule has 1 aromatic rings. The first-order valence-corrected chi connectivity index (χ1v) is 8.69. The molecule has 0 aliphatic carbocycles. The summed E-state index contributed by atoms with van der Waals surface area (Å²) in [5.41, 5.74) is 27.0. The van der Waals surface area contributed by atoms with Gasteiger partial charge in [-0.2, -0.15) is 0 Å². The highest BCUT2D eigenvalue weighted by molar-refractivity contribution is 5.98. The fourth-order valence-electron chi connectivity index (χ4n) is 2.26. The van der Waals surface area contributed by atoms with Gasteiger partial charge in [0.1, 0.15) is 12.4 Å². The van der Waals surface area contributed by atoms with Crippen LogP contribution in [-0.2, 0) is 4.79 Å². The predicted molar refractivity (Wildman–Crippen MR) is 109 cm³/mol. The Morgan fingerprint density at radius 3 is 2.32 bits per heavy atom. The minimum atomic E-state index is -0.682. The first-order valence-electron chi connectivity index (χ1n) is 8.69. The third-order valence-corrected chi connectivity index (χ3v) is 3.69. The quantitative estimate of drug-likeness (QED) is 0.158. The van der Waals surface area contributed by atoms with Crippen molar-refractivity contribution in [2.45, 2.75) is 19.8 Å². The first-order chi connectivity index (χ1) is 13.2. The molecule has 2 amide bonds. The van der Waals surface area contributed by atoms with Crippen molar-refractivity contribution < 1.29 is 14.3 Å². The minimum Gasteiger partial charge on any atom is -0.491 e. The second kappa shape index (κ2) is 11.3. The molecule has 0 unspecified atom stereocenters. The lowest BCUT2D eigenvalue weighted by molar-refractivity contribution is -0.119. The SMILES string of the molecule is C[C@H](CCCN=C(N)N)C(=O)Nc1ccc(OCCN=C(N)N)c(C(N)=O)c1. The number of hydrogen-bond acceptors (Lipinski definition) is 5. The van der Waals surface area contributed by atoms with E-state index in [2.05, 4.69) is 15.3 Å². The van der Waals surface area contributed by atoms with E-state index in [0.717, 1.165) is 0 Å². The molecule has 0 aliphatic rings. The van der Waals surface area contributed by atoms with Crippen LogP contribution < -0.4 is 38.7 Å². The highest BCUT2D eigenvalue weighted by Gasteiger charge is 2.15. The van der Waals surface area contributed by atoms with Crippen LogP contribution in [0.25, 0.3) is 0 Å². The lowest BCUT2D eigenvalue weighted by atomic mass is 10.0. The van der Waals surface area contributed by atoms with Crippen molar-refractivity contribution in [2.24, 2.45) is 44.6 Å². The molecule has 0 aliphatic heterocycles. The van der Waals surface area contributed by atoms with Crippen molar-refractivity contribution in [3.05, 3.63) is 23.8 Å². The second-order valence-corrected chi connectivity index (χ2v) is 6.07. The molecule has 0 aromatic heterocycles. The van der Waals surface area contributed by atoms with Crippen LogP contribution in [0.15, 0.2) is 28.2 Å². The number of hydrogen-bond donors (Lipinski definition) is 6. The summed E-state index contributed by atoms with van der Waals surface area (Å²) in [5, 5.41) is 2.75. The smallest absolute Gasteiger partial charge is 0.252 e. The summed E-state index contributed by atoms with van der Waals surface area (Å²) >= 11 is 0. The molecule has 1 atom stereocenters. The topological polar surface area (TPSA) is 210 Å². The van der Waals surface area contributed by atoms with Gasteiger partial charge in [0.05, 0.1) is 12.1 Å². The zero-order chi connectivity index (χ0) is 21.1. The van der Waals surface area contributed by atoms with Crippen LogP contribution in [0.5, 0.6) is 5.75 Å². The number of aliphatic imine (C=N–C) groups is 2. The normalized spacial score (nSPS) is 11.2. The Kier molecular flexibility index (Phi) is 9.07. The van der Waals surface area contributed by atoms with Crippen molar-refractivity contribution in [1.82, 2.24) is 0 Å². The molecule has 0 radical (unpaired) electrons. The summed E-state index contributed by atoms with van der Waals surface area (Å²) in [6.45, 7) is 2.64. The number of primary amides is 1. The molecule has 28 heavy (non-hydrogen) atoms. The van der Waals surface area contributed by atoms with Gasteiger partial charge in [0.25, 0.3) is 5.91 Å². The summed E-state index contributed by atoms with van der Waals surface area (Å²) in [7, 11) is 0. The average Bonchev–Trinajstić information content (AvgIpc) is 2.62. The fraction of sp³-hybridized carbons (Fsp3) is 0.412. The Bertz CT molecular complexity index is 740. The molecule has 1 rings (SSSR count). The number of benzene rings is 1. The van der Waals surface area contributed by atoms with E-state index in [9.17, 15) is 9.59 Å². The molecular weight excluding hydrogens is 364 g/mol. The Balaban J connectivity index is 2.69. The number of guanidine groups is 2. The fourth-order valence-corrected chi connectivity index (χ4v) is 2.26. The maximum Gasteiger partial charge on any atom is 0.252 e. The number of ether oxygens (including phenoxy) is 1. The monoisotopic (exact) mass is 392 g/mol. The molecule has 11 heteroatoms. The van der Waals surface area contributed by atoms with E-state index in [1.165, 1.54) is 6.07 Å². The summed E-state index contributed by atoms with van der Waals surface area (Å²) in [6, 6.07) is 4.63. The van der Waals surface area contributed by atoms with Crippen LogP contribution in [0.1, 0.15) is 30.1 Å². The molecule has 154 valence electrons. The van der Waals surface area contributed by atoms with Gasteiger partial charge < -0.3 is 38.7 Å². The Morgan fingerprint density at radius 1 is 1.07 bits per heavy atom. The second-order valence-electron chi connectivity index (χ2n) is 6.07. The standard InChI is InChI=1S/C17H28N8O3/c1-10(3-2-6-23-16(19)20)15(27)25-11-4-5-13(12(9-11)14(18)26)28-8-7-24-17(21)22/h4-5,9-10H,2-3,6-8H2,1H3,(H2,18,26)(H,25,27)(H4,19,20,23)(H4,21,22,24)/t10-/m1/s1. The maximum atomic E-state index is 12.3. The molecule has 0 bridgehead atoms. The Morgan fingerprint density at radius 2 is 1.71 bits per heavy atom. The minimum absolute atomic E-state index is 0.0247. The van der Waals surface area contributed by atoms with E-state index in [1.54, 1.807) is 19.1 Å². The summed E-state index contributed by atoms with van der Waals surface area (Å²) in [6.07, 6.45) is 1.28. The van der Waals surface area contributed by atoms with Gasteiger partial charge in [-0.3, -0.25) is 19.6 Å². The molecule has 0 fully saturated rings. The number of nitrogens with two attached hydrogens (primary N) is 5. The molecule has 0 spiro atoms. The van der Waals surface area contributed by atoms with Crippen LogP contribution in [0, 0.1) is 5.92 Å². The summed E-state index contributed by atoms with van der Waals surface area (Å²) in [4.78, 5) is 31.6. The van der Waals surface area contributed by atoms with Gasteiger partial charge in [-0.1, -0.05) is 6.92 Å². The Hall–Kier alpha value is -3.50. The van der Waals surface area contributed by atoms with Gasteiger partial charge >= 0.3 is 0 Å². The lowest BCUT2D eigenvalue weighted by Crippen LogP contribution is -2.24. The molecule has 11 N–H and O–H groups in total. The molecule has 11 nitrogen and oxygen atoms in total. The summed E-state index contributed by atoms with van der Waals surface area (Å²) < 4.78 is 5.48. The number of carbonyl (C=O) groups is 2. The number of nitrogens with one attached hydrogen (secondary N) is 1. The molecule has 0 saturated heterocycles. The summed E-state index contributed by atoms with van der Waals surface area (Å²) in [5.74, 6) is -0.885. The maximum absolute atomic E-state index is 12.3. The van der Waals surface area contributed by atoms with Crippen molar-refractivity contribution in [2.75, 3.05) is 25.0 Å². The highest BCUT2D eigenvalue weighted by atomic mass is 16.5. The van der Waals surface area contributed by atoms with Gasteiger partial charge in [0.2, 0.25) is 5.91 Å². The van der Waals surface area contributed by atoms with Crippen molar-refractivity contribution in [3.63, 3.8) is 0 Å². The van der Waals surface area contributed by atoms with E-state index in [0.29, 0.717) is 25.1 Å². The highest BCUT2D eigenvalue weighted by Crippen LogP contribution is 2.23. The van der Waals surface area contributed by atoms with E-state index >= 15 is 0 Å². The lowest BCUT2D eigenvalue weighted by Gasteiger charge is -2.14. The first kappa shape index (κ1) is 22.5. The zero-order valence-corrected chi connectivity index (χ0v) is 15.9. The number of amides is 2. The largest absolute Gasteiger partial charge is 0.491 e. The van der Waals surface area contributed by atoms with Crippen LogP contribution in [0.2, 0.25) is 0 Å². The van der Waals surface area contributed by atoms with E-state index in [4.69, 9.17) is 33.4 Å². The van der Waals surface area contributed by atoms with Crippen LogP contribution in [-0.4, -0.2) is 43.4 Å². The van der Waals surface area contributed by atoms with Gasteiger partial charge in [0.15, 0.2) is 11.9 Å². The molecule has 0 heterocycles. The Labute approximate surface area is 163 Å². The van der Waals surface area contributed by atoms with Gasteiger partial charge in [-0.15, -0.1) is 0 Å². The van der Waals surface area contributed by atoms with Crippen molar-refractivity contribution >= 4 is 29.4 Å². The molecular formula is C17H28N8O3. The number of carbonyl (C=O) groups excluding carboxylic acids is 2.